The maximum atomic E-state index is 12.7. The van der Waals surface area contributed by atoms with E-state index >= 15 is 0 Å². The highest BCUT2D eigenvalue weighted by atomic mass is 32.2. The summed E-state index contributed by atoms with van der Waals surface area (Å²) in [6.07, 6.45) is 3.71. The number of furan rings is 1. The molecule has 0 saturated heterocycles. The van der Waals surface area contributed by atoms with Gasteiger partial charge in [0.05, 0.1) is 12.2 Å². The van der Waals surface area contributed by atoms with E-state index in [1.54, 1.807) is 6.26 Å². The van der Waals surface area contributed by atoms with Gasteiger partial charge in [-0.25, -0.2) is 0 Å². The highest BCUT2D eigenvalue weighted by Crippen LogP contribution is 2.27. The largest absolute Gasteiger partial charge is 0.475 e. The van der Waals surface area contributed by atoms with Gasteiger partial charge in [0.25, 0.3) is 0 Å². The van der Waals surface area contributed by atoms with Crippen LogP contribution in [0, 0.1) is 0 Å². The molecule has 1 aromatic heterocycles. The molecule has 5 nitrogen and oxygen atoms in total. The number of carbonyl (C=O) groups excluding carboxylic acids is 1. The van der Waals surface area contributed by atoms with E-state index in [-0.39, 0.29) is 12.3 Å². The molecule has 0 fully saturated rings. The molecule has 1 amide bonds. The molecule has 26 heavy (non-hydrogen) atoms. The Hall–Kier alpha value is -2.22. The van der Waals surface area contributed by atoms with Gasteiger partial charge in [0.1, 0.15) is 10.8 Å². The van der Waals surface area contributed by atoms with Crippen LogP contribution in [0.2, 0.25) is 0 Å². The van der Waals surface area contributed by atoms with Crippen molar-refractivity contribution in [3.63, 3.8) is 0 Å². The molecule has 0 bridgehead atoms. The fraction of sp³-hybridized carbons (Fsp3) is 0.211. The van der Waals surface area contributed by atoms with Crippen LogP contribution in [0.1, 0.15) is 16.4 Å². The fourth-order valence-corrected chi connectivity index (χ4v) is 3.65. The number of hydrogen-bond donors (Lipinski definition) is 3. The first-order valence-corrected chi connectivity index (χ1v) is 9.58. The summed E-state index contributed by atoms with van der Waals surface area (Å²) in [4.78, 5) is 12.7. The highest BCUT2D eigenvalue weighted by Gasteiger charge is 2.30. The standard InChI is InChI=1S/C19H20BNO4S/c1-26-18(13-7-3-2-4-8-13)19(22)21-17(20(23)24)11-14-12-25-16-10-6-5-9-15(14)16/h2-10,12,17-18,23-24H,11H2,1H3,(H,21,22)/t17-,18+/m0/s1. The second-order valence-corrected chi connectivity index (χ2v) is 6.96. The van der Waals surface area contributed by atoms with E-state index in [2.05, 4.69) is 5.32 Å². The van der Waals surface area contributed by atoms with E-state index < -0.39 is 18.3 Å². The quantitative estimate of drug-likeness (QED) is 0.558. The summed E-state index contributed by atoms with van der Waals surface area (Å²) in [5.74, 6) is -1.09. The molecule has 7 heteroatoms. The highest BCUT2D eigenvalue weighted by molar-refractivity contribution is 7.99. The number of carbonyl (C=O) groups is 1. The van der Waals surface area contributed by atoms with Crippen LogP contribution in [0.15, 0.2) is 65.3 Å². The second kappa shape index (κ2) is 8.44. The number of amides is 1. The van der Waals surface area contributed by atoms with Crippen molar-refractivity contribution in [3.05, 3.63) is 72.0 Å². The fourth-order valence-electron chi connectivity index (χ4n) is 2.94. The summed E-state index contributed by atoms with van der Waals surface area (Å²) in [5.41, 5.74) is 2.42. The summed E-state index contributed by atoms with van der Waals surface area (Å²) >= 11 is 1.40. The first-order chi connectivity index (χ1) is 12.6. The molecule has 3 rings (SSSR count). The van der Waals surface area contributed by atoms with Gasteiger partial charge in [-0.05, 0) is 29.9 Å². The third-order valence-electron chi connectivity index (χ3n) is 4.26. The summed E-state index contributed by atoms with van der Waals surface area (Å²) in [7, 11) is -1.68. The summed E-state index contributed by atoms with van der Waals surface area (Å²) in [5, 5.41) is 22.8. The number of hydrogen-bond acceptors (Lipinski definition) is 5. The van der Waals surface area contributed by atoms with Crippen molar-refractivity contribution < 1.29 is 19.3 Å². The second-order valence-electron chi connectivity index (χ2n) is 6.02. The zero-order valence-electron chi connectivity index (χ0n) is 14.3. The van der Waals surface area contributed by atoms with Gasteiger partial charge in [0, 0.05) is 5.39 Å². The van der Waals surface area contributed by atoms with Crippen LogP contribution in [-0.4, -0.2) is 35.3 Å². The Labute approximate surface area is 156 Å². The average Bonchev–Trinajstić information content (AvgIpc) is 3.06. The Kier molecular flexibility index (Phi) is 6.03. The molecular weight excluding hydrogens is 349 g/mol. The van der Waals surface area contributed by atoms with E-state index in [1.165, 1.54) is 11.8 Å². The Morgan fingerprint density at radius 3 is 2.54 bits per heavy atom. The Morgan fingerprint density at radius 1 is 1.15 bits per heavy atom. The number of nitrogens with one attached hydrogen (secondary N) is 1. The zero-order chi connectivity index (χ0) is 18.5. The minimum Gasteiger partial charge on any atom is -0.464 e. The Morgan fingerprint density at radius 2 is 1.85 bits per heavy atom. The van der Waals surface area contributed by atoms with Gasteiger partial charge in [0.2, 0.25) is 5.91 Å². The van der Waals surface area contributed by atoms with Crippen LogP contribution in [0.3, 0.4) is 0 Å². The normalized spacial score (nSPS) is 13.3. The van der Waals surface area contributed by atoms with Crippen LogP contribution >= 0.6 is 11.8 Å². The van der Waals surface area contributed by atoms with Crippen molar-refractivity contribution in [2.45, 2.75) is 17.6 Å². The summed E-state index contributed by atoms with van der Waals surface area (Å²) in [6, 6.07) is 16.9. The smallest absolute Gasteiger partial charge is 0.464 e. The first kappa shape index (κ1) is 18.6. The van der Waals surface area contributed by atoms with E-state index in [0.29, 0.717) is 0 Å². The lowest BCUT2D eigenvalue weighted by atomic mass is 9.75. The van der Waals surface area contributed by atoms with Crippen molar-refractivity contribution in [1.29, 1.82) is 0 Å². The van der Waals surface area contributed by atoms with Crippen molar-refractivity contribution in [2.75, 3.05) is 6.26 Å². The molecule has 0 radical (unpaired) electrons. The molecule has 3 N–H and O–H groups in total. The van der Waals surface area contributed by atoms with Gasteiger partial charge in [-0.15, -0.1) is 11.8 Å². The molecule has 2 aromatic carbocycles. The molecule has 0 aliphatic carbocycles. The van der Waals surface area contributed by atoms with Gasteiger partial charge < -0.3 is 19.8 Å². The number of rotatable bonds is 7. The van der Waals surface area contributed by atoms with Gasteiger partial charge in [-0.1, -0.05) is 48.5 Å². The average molecular weight is 369 g/mol. The van der Waals surface area contributed by atoms with Crippen molar-refractivity contribution in [1.82, 2.24) is 5.32 Å². The maximum absolute atomic E-state index is 12.7. The van der Waals surface area contributed by atoms with Crippen LogP contribution in [-0.2, 0) is 11.2 Å². The number of para-hydroxylation sites is 1. The molecule has 0 aliphatic rings. The lowest BCUT2D eigenvalue weighted by molar-refractivity contribution is -0.121. The Balaban J connectivity index is 1.77. The minimum atomic E-state index is -1.68. The third-order valence-corrected chi connectivity index (χ3v) is 5.22. The van der Waals surface area contributed by atoms with Crippen molar-refractivity contribution >= 4 is 35.8 Å². The molecule has 0 spiro atoms. The molecule has 3 aromatic rings. The Bertz CT molecular complexity index is 868. The van der Waals surface area contributed by atoms with Crippen LogP contribution < -0.4 is 5.32 Å². The van der Waals surface area contributed by atoms with E-state index in [4.69, 9.17) is 4.42 Å². The van der Waals surface area contributed by atoms with E-state index in [9.17, 15) is 14.8 Å². The van der Waals surface area contributed by atoms with Crippen LogP contribution in [0.4, 0.5) is 0 Å². The predicted octanol–water partition coefficient (Wildman–Crippen LogP) is 2.58. The number of benzene rings is 2. The lowest BCUT2D eigenvalue weighted by Gasteiger charge is -2.21. The van der Waals surface area contributed by atoms with E-state index in [0.717, 1.165) is 22.1 Å². The number of fused-ring (bicyclic) bond motifs is 1. The van der Waals surface area contributed by atoms with E-state index in [1.807, 2.05) is 60.9 Å². The van der Waals surface area contributed by atoms with Crippen molar-refractivity contribution in [3.8, 4) is 0 Å². The molecule has 1 heterocycles. The molecular formula is C19H20BNO4S. The monoisotopic (exact) mass is 369 g/mol. The van der Waals surface area contributed by atoms with Crippen molar-refractivity contribution in [2.24, 2.45) is 0 Å². The third kappa shape index (κ3) is 4.12. The van der Waals surface area contributed by atoms with Gasteiger partial charge in [-0.2, -0.15) is 0 Å². The molecule has 0 unspecified atom stereocenters. The summed E-state index contributed by atoms with van der Waals surface area (Å²) < 4.78 is 5.49. The van der Waals surface area contributed by atoms with Gasteiger partial charge in [0.15, 0.2) is 0 Å². The predicted molar refractivity (Wildman–Crippen MR) is 105 cm³/mol. The molecule has 0 aliphatic heterocycles. The first-order valence-electron chi connectivity index (χ1n) is 8.29. The number of thioether (sulfide) groups is 1. The minimum absolute atomic E-state index is 0.255. The molecule has 0 saturated carbocycles. The maximum Gasteiger partial charge on any atom is 0.475 e. The van der Waals surface area contributed by atoms with Crippen LogP contribution in [0.5, 0.6) is 0 Å². The zero-order valence-corrected chi connectivity index (χ0v) is 15.1. The molecule has 134 valence electrons. The topological polar surface area (TPSA) is 82.7 Å². The van der Waals surface area contributed by atoms with Crippen LogP contribution in [0.25, 0.3) is 11.0 Å². The lowest BCUT2D eigenvalue weighted by Crippen LogP contribution is -2.49. The SMILES string of the molecule is CS[C@@H](C(=O)N[C@@H](Cc1coc2ccccc12)B(O)O)c1ccccc1. The summed E-state index contributed by atoms with van der Waals surface area (Å²) in [6.45, 7) is 0. The molecule has 2 atom stereocenters. The van der Waals surface area contributed by atoms with Gasteiger partial charge >= 0.3 is 7.12 Å². The van der Waals surface area contributed by atoms with Gasteiger partial charge in [-0.3, -0.25) is 4.79 Å².